The summed E-state index contributed by atoms with van der Waals surface area (Å²) in [5.74, 6) is -1.87. The van der Waals surface area contributed by atoms with E-state index in [1.807, 2.05) is 31.2 Å². The number of carbonyl (C=O) groups excluding carboxylic acids is 1. The van der Waals surface area contributed by atoms with Crippen LogP contribution in [0.3, 0.4) is 0 Å². The average molecular weight is 403 g/mol. The number of nitrogens with zero attached hydrogens (tertiary/aromatic N) is 1. The number of aryl methyl sites for hydroxylation is 1. The van der Waals surface area contributed by atoms with Crippen LogP contribution in [0.1, 0.15) is 51.6 Å². The second-order valence-electron chi connectivity index (χ2n) is 7.17. The molecule has 0 saturated carbocycles. The van der Waals surface area contributed by atoms with Gasteiger partial charge in [0.25, 0.3) is 0 Å². The summed E-state index contributed by atoms with van der Waals surface area (Å²) in [6.07, 6.45) is 2.00. The van der Waals surface area contributed by atoms with E-state index in [1.165, 1.54) is 12.1 Å². The van der Waals surface area contributed by atoms with E-state index in [9.17, 15) is 19.8 Å². The summed E-state index contributed by atoms with van der Waals surface area (Å²) in [7, 11) is 0. The van der Waals surface area contributed by atoms with E-state index in [0.717, 1.165) is 36.3 Å². The molecule has 0 unspecified atom stereocenters. The van der Waals surface area contributed by atoms with Crippen molar-refractivity contribution in [3.63, 3.8) is 0 Å². The van der Waals surface area contributed by atoms with Crippen molar-refractivity contribution >= 4 is 23.1 Å². The predicted octanol–water partition coefficient (Wildman–Crippen LogP) is 5.57. The lowest BCUT2D eigenvalue weighted by Crippen LogP contribution is -2.19. The van der Waals surface area contributed by atoms with Gasteiger partial charge in [-0.25, -0.2) is 4.79 Å². The van der Waals surface area contributed by atoms with Gasteiger partial charge in [-0.15, -0.1) is 0 Å². The number of para-hydroxylation sites is 1. The Balaban J connectivity index is 2.00. The smallest absolute Gasteiger partial charge is 0.336 e. The first kappa shape index (κ1) is 21.1. The maximum absolute atomic E-state index is 12.9. The minimum absolute atomic E-state index is 0.0507. The summed E-state index contributed by atoms with van der Waals surface area (Å²) in [5.41, 5.74) is 2.97. The van der Waals surface area contributed by atoms with Crippen molar-refractivity contribution in [1.82, 2.24) is 0 Å². The fraction of sp³-hybridized carbons (Fsp3) is 0.200. The minimum Gasteiger partial charge on any atom is -0.507 e. The van der Waals surface area contributed by atoms with Crippen LogP contribution in [0.2, 0.25) is 0 Å². The molecule has 154 valence electrons. The van der Waals surface area contributed by atoms with E-state index in [-0.39, 0.29) is 22.4 Å². The summed E-state index contributed by atoms with van der Waals surface area (Å²) in [6, 6.07) is 19.0. The van der Waals surface area contributed by atoms with Gasteiger partial charge in [0.2, 0.25) is 0 Å². The van der Waals surface area contributed by atoms with Crippen molar-refractivity contribution < 1.29 is 19.8 Å². The molecule has 3 aromatic rings. The minimum atomic E-state index is -1.18. The molecule has 0 amide bonds. The molecule has 30 heavy (non-hydrogen) atoms. The maximum atomic E-state index is 12.9. The Hall–Kier alpha value is -3.60. The van der Waals surface area contributed by atoms with Crippen molar-refractivity contribution in [3.05, 3.63) is 89.0 Å². The van der Waals surface area contributed by atoms with E-state index in [1.54, 1.807) is 30.3 Å². The van der Waals surface area contributed by atoms with Gasteiger partial charge in [-0.2, -0.15) is 0 Å². The number of aromatic hydroxyl groups is 1. The van der Waals surface area contributed by atoms with E-state index in [4.69, 9.17) is 0 Å². The van der Waals surface area contributed by atoms with Crippen molar-refractivity contribution in [2.24, 2.45) is 0 Å². The van der Waals surface area contributed by atoms with E-state index >= 15 is 0 Å². The second kappa shape index (κ2) is 9.27. The van der Waals surface area contributed by atoms with Gasteiger partial charge >= 0.3 is 5.97 Å². The van der Waals surface area contributed by atoms with Gasteiger partial charge in [-0.1, -0.05) is 49.7 Å². The molecule has 0 aliphatic heterocycles. The van der Waals surface area contributed by atoms with E-state index < -0.39 is 11.8 Å². The molecule has 0 spiro atoms. The number of phenols is 1. The van der Waals surface area contributed by atoms with Crippen LogP contribution in [-0.4, -0.2) is 28.5 Å². The zero-order chi connectivity index (χ0) is 21.7. The Labute approximate surface area is 176 Å². The van der Waals surface area contributed by atoms with Crippen molar-refractivity contribution in [2.75, 3.05) is 11.4 Å². The number of rotatable bonds is 8. The Morgan fingerprint density at radius 3 is 2.20 bits per heavy atom. The Kier molecular flexibility index (Phi) is 6.52. The third kappa shape index (κ3) is 4.35. The van der Waals surface area contributed by atoms with Crippen LogP contribution in [-0.2, 0) is 0 Å². The number of hydrogen-bond donors (Lipinski definition) is 2. The molecule has 3 aromatic carbocycles. The number of carboxylic acids is 1. The fourth-order valence-electron chi connectivity index (χ4n) is 3.46. The Bertz CT molecular complexity index is 1070. The number of benzene rings is 3. The van der Waals surface area contributed by atoms with Crippen LogP contribution in [0.25, 0.3) is 0 Å². The molecule has 0 aliphatic carbocycles. The third-order valence-corrected chi connectivity index (χ3v) is 5.08. The molecule has 3 rings (SSSR count). The van der Waals surface area contributed by atoms with Crippen molar-refractivity contribution in [1.29, 1.82) is 0 Å². The lowest BCUT2D eigenvalue weighted by atomic mass is 9.97. The maximum Gasteiger partial charge on any atom is 0.336 e. The summed E-state index contributed by atoms with van der Waals surface area (Å²) >= 11 is 0. The highest BCUT2D eigenvalue weighted by atomic mass is 16.4. The molecule has 5 nitrogen and oxygen atoms in total. The fourth-order valence-corrected chi connectivity index (χ4v) is 3.46. The highest BCUT2D eigenvalue weighted by Crippen LogP contribution is 2.33. The topological polar surface area (TPSA) is 77.8 Å². The van der Waals surface area contributed by atoms with E-state index in [0.29, 0.717) is 0 Å². The number of hydrogen-bond acceptors (Lipinski definition) is 4. The first-order valence-electron chi connectivity index (χ1n) is 9.97. The first-order valence-corrected chi connectivity index (χ1v) is 9.97. The van der Waals surface area contributed by atoms with Gasteiger partial charge in [0.05, 0.1) is 11.1 Å². The monoisotopic (exact) mass is 403 g/mol. The number of carbonyl (C=O) groups is 2. The van der Waals surface area contributed by atoms with Crippen molar-refractivity contribution in [3.8, 4) is 5.75 Å². The molecule has 0 radical (unpaired) electrons. The molecule has 0 saturated heterocycles. The number of carboxylic acid groups (broad SMARTS) is 1. The Morgan fingerprint density at radius 2 is 1.57 bits per heavy atom. The van der Waals surface area contributed by atoms with Gasteiger partial charge < -0.3 is 15.1 Å². The summed E-state index contributed by atoms with van der Waals surface area (Å²) < 4.78 is 0. The third-order valence-electron chi connectivity index (χ3n) is 5.08. The summed E-state index contributed by atoms with van der Waals surface area (Å²) in [5, 5.41) is 20.0. The number of ketones is 1. The second-order valence-corrected chi connectivity index (χ2v) is 7.17. The van der Waals surface area contributed by atoms with Crippen LogP contribution in [0, 0.1) is 6.92 Å². The van der Waals surface area contributed by atoms with Crippen LogP contribution in [0.4, 0.5) is 11.4 Å². The van der Waals surface area contributed by atoms with Gasteiger partial charge in [0.1, 0.15) is 5.75 Å². The van der Waals surface area contributed by atoms with Crippen LogP contribution < -0.4 is 4.90 Å². The Morgan fingerprint density at radius 1 is 0.900 bits per heavy atom. The van der Waals surface area contributed by atoms with Gasteiger partial charge in [0, 0.05) is 29.5 Å². The molecule has 0 heterocycles. The molecule has 0 atom stereocenters. The SMILES string of the molecule is CCCCN(c1ccc(C(=O)c2ccccc2C(=O)O)c(O)c1)c1ccccc1C. The normalized spacial score (nSPS) is 10.6. The molecule has 0 bridgehead atoms. The highest BCUT2D eigenvalue weighted by molar-refractivity contribution is 6.15. The van der Waals surface area contributed by atoms with Crippen LogP contribution in [0.15, 0.2) is 66.7 Å². The molecular formula is C25H25NO4. The standard InChI is InChI=1S/C25H25NO4/c1-3-4-15-26(22-12-8-5-9-17(22)2)18-13-14-21(23(27)16-18)24(28)19-10-6-7-11-20(19)25(29)30/h5-14,16,27H,3-4,15H2,1-2H3,(H,29,30). The number of phenolic OH excluding ortho intramolecular Hbond substituents is 1. The predicted molar refractivity (Wildman–Crippen MR) is 118 cm³/mol. The zero-order valence-corrected chi connectivity index (χ0v) is 17.1. The highest BCUT2D eigenvalue weighted by Gasteiger charge is 2.21. The lowest BCUT2D eigenvalue weighted by molar-refractivity contribution is 0.0692. The lowest BCUT2D eigenvalue weighted by Gasteiger charge is -2.27. The largest absolute Gasteiger partial charge is 0.507 e. The quantitative estimate of drug-likeness (QED) is 0.481. The molecule has 0 aromatic heterocycles. The van der Waals surface area contributed by atoms with Crippen LogP contribution >= 0.6 is 0 Å². The molecule has 2 N–H and O–H groups in total. The summed E-state index contributed by atoms with van der Waals surface area (Å²) in [4.78, 5) is 26.5. The number of aromatic carboxylic acids is 1. The van der Waals surface area contributed by atoms with E-state index in [2.05, 4.69) is 11.8 Å². The first-order chi connectivity index (χ1) is 14.4. The van der Waals surface area contributed by atoms with Crippen molar-refractivity contribution in [2.45, 2.75) is 26.7 Å². The molecule has 0 aliphatic rings. The number of unbranched alkanes of at least 4 members (excludes halogenated alkanes) is 1. The van der Waals surface area contributed by atoms with Gasteiger partial charge in [-0.05, 0) is 43.2 Å². The van der Waals surface area contributed by atoms with Crippen LogP contribution in [0.5, 0.6) is 5.75 Å². The molecular weight excluding hydrogens is 378 g/mol. The summed E-state index contributed by atoms with van der Waals surface area (Å²) in [6.45, 7) is 4.93. The molecule has 5 heteroatoms. The molecule has 0 fully saturated rings. The number of anilines is 2. The zero-order valence-electron chi connectivity index (χ0n) is 17.1. The average Bonchev–Trinajstić information content (AvgIpc) is 2.74. The van der Waals surface area contributed by atoms with Gasteiger partial charge in [-0.3, -0.25) is 4.79 Å². The van der Waals surface area contributed by atoms with Gasteiger partial charge in [0.15, 0.2) is 5.78 Å².